The summed E-state index contributed by atoms with van der Waals surface area (Å²) < 4.78 is 3.45. The molecule has 7 heteroatoms. The molecule has 148 valence electrons. The van der Waals surface area contributed by atoms with Gasteiger partial charge in [-0.15, -0.1) is 0 Å². The summed E-state index contributed by atoms with van der Waals surface area (Å²) in [4.78, 5) is 16.6. The summed E-state index contributed by atoms with van der Waals surface area (Å²) in [6, 6.07) is 0. The van der Waals surface area contributed by atoms with E-state index in [1.54, 1.807) is 11.7 Å². The van der Waals surface area contributed by atoms with Crippen molar-refractivity contribution >= 4 is 5.96 Å². The Morgan fingerprint density at radius 1 is 1.27 bits per heavy atom. The molecule has 0 aliphatic carbocycles. The third-order valence-electron chi connectivity index (χ3n) is 5.20. The van der Waals surface area contributed by atoms with Gasteiger partial charge in [0.25, 0.3) is 0 Å². The van der Waals surface area contributed by atoms with E-state index in [1.165, 1.54) is 25.7 Å². The maximum Gasteiger partial charge on any atom is 0.345 e. The number of fused-ring (bicyclic) bond motifs is 1. The Balaban J connectivity index is 1.71. The Bertz CT molecular complexity index is 618. The highest BCUT2D eigenvalue weighted by atomic mass is 16.2. The minimum atomic E-state index is 0.0453. The van der Waals surface area contributed by atoms with E-state index in [0.717, 1.165) is 57.1 Å². The summed E-state index contributed by atoms with van der Waals surface area (Å²) in [5.74, 6) is 2.49. The average Bonchev–Trinajstić information content (AvgIpc) is 2.99. The van der Waals surface area contributed by atoms with Crippen LogP contribution in [0.5, 0.6) is 0 Å². The number of unbranched alkanes of at least 4 members (excludes halogenated alkanes) is 1. The third kappa shape index (κ3) is 5.88. The molecule has 0 saturated carbocycles. The molecule has 26 heavy (non-hydrogen) atoms. The van der Waals surface area contributed by atoms with Crippen molar-refractivity contribution < 1.29 is 0 Å². The molecule has 7 nitrogen and oxygen atoms in total. The smallest absolute Gasteiger partial charge is 0.345 e. The minimum absolute atomic E-state index is 0.0453. The molecule has 0 spiro atoms. The molecular weight excluding hydrogens is 328 g/mol. The predicted octanol–water partition coefficient (Wildman–Crippen LogP) is 2.15. The first-order chi connectivity index (χ1) is 12.7. The molecule has 0 aromatic carbocycles. The number of aromatic nitrogens is 3. The number of aliphatic imine (C=N–C) groups is 1. The number of hydrogen-bond acceptors (Lipinski definition) is 3. The van der Waals surface area contributed by atoms with Crippen molar-refractivity contribution in [1.82, 2.24) is 25.0 Å². The van der Waals surface area contributed by atoms with Crippen LogP contribution in [0.3, 0.4) is 0 Å². The standard InChI is InChI=1S/C19H36N6O/c1-4-6-10-16(5-2)15-22-18(20-3)21-12-9-14-25-19(26)24-13-8-7-11-17(24)23-25/h16H,4-15H2,1-3H3,(H2,20,21,22). The molecule has 0 radical (unpaired) electrons. The Hall–Kier alpha value is -1.79. The zero-order valence-corrected chi connectivity index (χ0v) is 16.8. The van der Waals surface area contributed by atoms with E-state index in [4.69, 9.17) is 0 Å². The number of nitrogens with zero attached hydrogens (tertiary/aromatic N) is 4. The lowest BCUT2D eigenvalue weighted by Crippen LogP contribution is -2.40. The highest BCUT2D eigenvalue weighted by Gasteiger charge is 2.16. The van der Waals surface area contributed by atoms with Crippen molar-refractivity contribution in [1.29, 1.82) is 0 Å². The van der Waals surface area contributed by atoms with E-state index in [0.29, 0.717) is 12.5 Å². The Kier molecular flexibility index (Phi) is 8.71. The fourth-order valence-corrected chi connectivity index (χ4v) is 3.43. The average molecular weight is 365 g/mol. The van der Waals surface area contributed by atoms with Crippen LogP contribution in [0.25, 0.3) is 0 Å². The first-order valence-electron chi connectivity index (χ1n) is 10.3. The first kappa shape index (κ1) is 20.5. The molecule has 0 bridgehead atoms. The molecule has 0 fully saturated rings. The van der Waals surface area contributed by atoms with E-state index in [2.05, 4.69) is 34.6 Å². The maximum absolute atomic E-state index is 12.3. The zero-order valence-electron chi connectivity index (χ0n) is 16.8. The Morgan fingerprint density at radius 3 is 2.81 bits per heavy atom. The number of guanidine groups is 1. The Labute approximate surface area is 157 Å². The number of nitrogens with one attached hydrogen (secondary N) is 2. The van der Waals surface area contributed by atoms with E-state index in [-0.39, 0.29) is 5.69 Å². The van der Waals surface area contributed by atoms with Gasteiger partial charge in [0.1, 0.15) is 5.82 Å². The van der Waals surface area contributed by atoms with Crippen LogP contribution in [0.4, 0.5) is 0 Å². The van der Waals surface area contributed by atoms with Crippen molar-refractivity contribution in [3.8, 4) is 0 Å². The van der Waals surface area contributed by atoms with Crippen LogP contribution in [0, 0.1) is 5.92 Å². The van der Waals surface area contributed by atoms with E-state index in [9.17, 15) is 4.79 Å². The van der Waals surface area contributed by atoms with Gasteiger partial charge in [-0.1, -0.05) is 33.1 Å². The van der Waals surface area contributed by atoms with Gasteiger partial charge in [0.2, 0.25) is 0 Å². The highest BCUT2D eigenvalue weighted by molar-refractivity contribution is 5.79. The summed E-state index contributed by atoms with van der Waals surface area (Å²) in [5.41, 5.74) is 0.0453. The largest absolute Gasteiger partial charge is 0.356 e. The second-order valence-corrected chi connectivity index (χ2v) is 7.18. The lowest BCUT2D eigenvalue weighted by Gasteiger charge is -2.18. The molecule has 0 amide bonds. The lowest BCUT2D eigenvalue weighted by atomic mass is 9.99. The molecule has 1 aliphatic rings. The fraction of sp³-hybridized carbons (Fsp3) is 0.842. The van der Waals surface area contributed by atoms with Gasteiger partial charge < -0.3 is 10.6 Å². The first-order valence-corrected chi connectivity index (χ1v) is 10.3. The summed E-state index contributed by atoms with van der Waals surface area (Å²) in [7, 11) is 1.80. The number of rotatable bonds is 10. The van der Waals surface area contributed by atoms with Crippen LogP contribution >= 0.6 is 0 Å². The van der Waals surface area contributed by atoms with Gasteiger partial charge >= 0.3 is 5.69 Å². The van der Waals surface area contributed by atoms with Gasteiger partial charge in [0.15, 0.2) is 5.96 Å². The zero-order chi connectivity index (χ0) is 18.8. The topological polar surface area (TPSA) is 76.2 Å². The second kappa shape index (κ2) is 11.0. The van der Waals surface area contributed by atoms with E-state index >= 15 is 0 Å². The van der Waals surface area contributed by atoms with E-state index in [1.807, 2.05) is 4.57 Å². The summed E-state index contributed by atoms with van der Waals surface area (Å²) in [5, 5.41) is 11.3. The van der Waals surface area contributed by atoms with Crippen molar-refractivity contribution in [2.24, 2.45) is 10.9 Å². The van der Waals surface area contributed by atoms with Crippen molar-refractivity contribution in [2.75, 3.05) is 20.1 Å². The van der Waals surface area contributed by atoms with Crippen LogP contribution in [-0.4, -0.2) is 40.4 Å². The quantitative estimate of drug-likeness (QED) is 0.379. The lowest BCUT2D eigenvalue weighted by molar-refractivity contribution is 0.443. The SMILES string of the molecule is CCCCC(CC)CNC(=NC)NCCCn1nc2n(c1=O)CCCC2. The monoisotopic (exact) mass is 364 g/mol. The van der Waals surface area contributed by atoms with Crippen LogP contribution in [0.1, 0.15) is 64.6 Å². The summed E-state index contributed by atoms with van der Waals surface area (Å²) in [6.07, 6.45) is 8.99. The normalized spacial score (nSPS) is 15.6. The molecule has 2 N–H and O–H groups in total. The van der Waals surface area contributed by atoms with Crippen molar-refractivity contribution in [2.45, 2.75) is 78.3 Å². The third-order valence-corrected chi connectivity index (χ3v) is 5.20. The summed E-state index contributed by atoms with van der Waals surface area (Å²) in [6.45, 7) is 7.70. The molecule has 1 aliphatic heterocycles. The highest BCUT2D eigenvalue weighted by Crippen LogP contribution is 2.11. The molecule has 1 aromatic rings. The molecule has 2 heterocycles. The van der Waals surface area contributed by atoms with Gasteiger partial charge in [-0.2, -0.15) is 5.10 Å². The number of hydrogen-bond donors (Lipinski definition) is 2. The predicted molar refractivity (Wildman–Crippen MR) is 107 cm³/mol. The van der Waals surface area contributed by atoms with Crippen molar-refractivity contribution in [3.63, 3.8) is 0 Å². The molecular formula is C19H36N6O. The molecule has 1 unspecified atom stereocenters. The second-order valence-electron chi connectivity index (χ2n) is 7.18. The van der Waals surface area contributed by atoms with Gasteiger partial charge in [-0.05, 0) is 31.6 Å². The van der Waals surface area contributed by atoms with Gasteiger partial charge in [-0.25, -0.2) is 9.48 Å². The van der Waals surface area contributed by atoms with Crippen LogP contribution in [0.15, 0.2) is 9.79 Å². The minimum Gasteiger partial charge on any atom is -0.356 e. The van der Waals surface area contributed by atoms with Crippen LogP contribution in [-0.2, 0) is 19.5 Å². The van der Waals surface area contributed by atoms with Gasteiger partial charge in [0.05, 0.1) is 0 Å². The Morgan fingerprint density at radius 2 is 2.12 bits per heavy atom. The maximum atomic E-state index is 12.3. The van der Waals surface area contributed by atoms with Crippen LogP contribution in [0.2, 0.25) is 0 Å². The number of aryl methyl sites for hydroxylation is 2. The molecule has 1 atom stereocenters. The van der Waals surface area contributed by atoms with Gasteiger partial charge in [-0.3, -0.25) is 9.56 Å². The van der Waals surface area contributed by atoms with E-state index < -0.39 is 0 Å². The van der Waals surface area contributed by atoms with Gasteiger partial charge in [0, 0.05) is 39.6 Å². The molecule has 0 saturated heterocycles. The molecule has 1 aromatic heterocycles. The fourth-order valence-electron chi connectivity index (χ4n) is 3.43. The molecule has 2 rings (SSSR count). The van der Waals surface area contributed by atoms with Crippen molar-refractivity contribution in [3.05, 3.63) is 16.3 Å². The summed E-state index contributed by atoms with van der Waals surface area (Å²) >= 11 is 0. The van der Waals surface area contributed by atoms with Crippen LogP contribution < -0.4 is 16.3 Å².